The minimum atomic E-state index is -3.67. The summed E-state index contributed by atoms with van der Waals surface area (Å²) in [5.74, 6) is 0.767. The summed E-state index contributed by atoms with van der Waals surface area (Å²) in [7, 11) is -3.67. The molecule has 4 nitrogen and oxygen atoms in total. The van der Waals surface area contributed by atoms with Crippen LogP contribution >= 0.6 is 0 Å². The molecular weight excluding hydrogens is 370 g/mol. The number of benzene rings is 3. The van der Waals surface area contributed by atoms with Gasteiger partial charge in [-0.25, -0.2) is 13.1 Å². The van der Waals surface area contributed by atoms with Crippen molar-refractivity contribution in [3.63, 3.8) is 0 Å². The minimum Gasteiger partial charge on any atom is -0.487 e. The van der Waals surface area contributed by atoms with Crippen LogP contribution < -0.4 is 9.46 Å². The van der Waals surface area contributed by atoms with Crippen molar-refractivity contribution in [3.05, 3.63) is 72.3 Å². The molecular formula is C23H25NO3S. The highest BCUT2D eigenvalue weighted by Gasteiger charge is 2.39. The topological polar surface area (TPSA) is 55.4 Å². The fourth-order valence-corrected chi connectivity index (χ4v) is 5.25. The monoisotopic (exact) mass is 395 g/mol. The Morgan fingerprint density at radius 2 is 1.64 bits per heavy atom. The van der Waals surface area contributed by atoms with Crippen LogP contribution in [0.5, 0.6) is 5.75 Å². The fourth-order valence-electron chi connectivity index (χ4n) is 4.00. The maximum atomic E-state index is 13.2. The number of fused-ring (bicyclic) bond motifs is 2. The minimum absolute atomic E-state index is 0.286. The SMILES string of the molecule is CCC1(CC)C[C@@H](NS(=O)(=O)c2ccc3ccccc3c2)c2ccccc2O1. The van der Waals surface area contributed by atoms with Crippen LogP contribution in [0.1, 0.15) is 44.7 Å². The van der Waals surface area contributed by atoms with Crippen molar-refractivity contribution in [2.45, 2.75) is 49.6 Å². The van der Waals surface area contributed by atoms with Gasteiger partial charge >= 0.3 is 0 Å². The molecule has 0 fully saturated rings. The molecule has 1 atom stereocenters. The van der Waals surface area contributed by atoms with Crippen LogP contribution in [-0.4, -0.2) is 14.0 Å². The Kier molecular flexibility index (Phi) is 4.89. The Bertz CT molecular complexity index is 1100. The predicted molar refractivity (Wildman–Crippen MR) is 112 cm³/mol. The summed E-state index contributed by atoms with van der Waals surface area (Å²) in [6.45, 7) is 4.18. The summed E-state index contributed by atoms with van der Waals surface area (Å²) in [5.41, 5.74) is 0.537. The smallest absolute Gasteiger partial charge is 0.241 e. The Balaban J connectivity index is 1.71. The third kappa shape index (κ3) is 3.40. The molecule has 3 aromatic carbocycles. The van der Waals surface area contributed by atoms with E-state index in [0.717, 1.165) is 34.9 Å². The lowest BCUT2D eigenvalue weighted by Gasteiger charge is -2.41. The molecule has 0 unspecified atom stereocenters. The lowest BCUT2D eigenvalue weighted by molar-refractivity contribution is 0.0260. The fraction of sp³-hybridized carbons (Fsp3) is 0.304. The quantitative estimate of drug-likeness (QED) is 0.646. The van der Waals surface area contributed by atoms with Gasteiger partial charge < -0.3 is 4.74 Å². The van der Waals surface area contributed by atoms with Gasteiger partial charge in [-0.2, -0.15) is 0 Å². The van der Waals surface area contributed by atoms with Crippen LogP contribution in [0.2, 0.25) is 0 Å². The summed E-state index contributed by atoms with van der Waals surface area (Å²) in [5, 5.41) is 1.93. The third-order valence-corrected chi connectivity index (χ3v) is 7.28. The molecule has 146 valence electrons. The Morgan fingerprint density at radius 1 is 0.964 bits per heavy atom. The van der Waals surface area contributed by atoms with E-state index in [0.29, 0.717) is 6.42 Å². The third-order valence-electron chi connectivity index (χ3n) is 5.81. The molecule has 1 aliphatic rings. The van der Waals surface area contributed by atoms with Crippen molar-refractivity contribution < 1.29 is 13.2 Å². The number of hydrogen-bond donors (Lipinski definition) is 1. The van der Waals surface area contributed by atoms with Gasteiger partial charge in [-0.15, -0.1) is 0 Å². The van der Waals surface area contributed by atoms with E-state index in [1.165, 1.54) is 0 Å². The first kappa shape index (κ1) is 19.0. The second-order valence-corrected chi connectivity index (χ2v) is 9.13. The van der Waals surface area contributed by atoms with Gasteiger partial charge in [-0.05, 0) is 41.8 Å². The summed E-state index contributed by atoms with van der Waals surface area (Å²) >= 11 is 0. The van der Waals surface area contributed by atoms with Crippen molar-refractivity contribution in [1.82, 2.24) is 4.72 Å². The number of rotatable bonds is 5. The second-order valence-electron chi connectivity index (χ2n) is 7.42. The first-order chi connectivity index (χ1) is 13.5. The summed E-state index contributed by atoms with van der Waals surface area (Å²) in [6, 6.07) is 20.4. The highest BCUT2D eigenvalue weighted by molar-refractivity contribution is 7.89. The van der Waals surface area contributed by atoms with Crippen molar-refractivity contribution in [2.24, 2.45) is 0 Å². The zero-order valence-electron chi connectivity index (χ0n) is 16.2. The average Bonchev–Trinajstić information content (AvgIpc) is 2.73. The van der Waals surface area contributed by atoms with Crippen molar-refractivity contribution in [2.75, 3.05) is 0 Å². The molecule has 1 aliphatic heterocycles. The van der Waals surface area contributed by atoms with Gasteiger partial charge in [0, 0.05) is 12.0 Å². The molecule has 0 radical (unpaired) electrons. The average molecular weight is 396 g/mol. The highest BCUT2D eigenvalue weighted by Crippen LogP contribution is 2.43. The van der Waals surface area contributed by atoms with Crippen LogP contribution in [0, 0.1) is 0 Å². The number of ether oxygens (including phenoxy) is 1. The van der Waals surface area contributed by atoms with E-state index in [4.69, 9.17) is 4.74 Å². The summed E-state index contributed by atoms with van der Waals surface area (Å²) in [4.78, 5) is 0.286. The van der Waals surface area contributed by atoms with E-state index in [1.807, 2.05) is 54.6 Å². The molecule has 0 saturated carbocycles. The predicted octanol–water partition coefficient (Wildman–Crippen LogP) is 5.20. The molecule has 1 heterocycles. The van der Waals surface area contributed by atoms with Crippen LogP contribution in [0.3, 0.4) is 0 Å². The number of para-hydroxylation sites is 1. The van der Waals surface area contributed by atoms with Crippen LogP contribution in [0.4, 0.5) is 0 Å². The van der Waals surface area contributed by atoms with Gasteiger partial charge in [0.25, 0.3) is 0 Å². The number of nitrogens with one attached hydrogen (secondary N) is 1. The first-order valence-electron chi connectivity index (χ1n) is 9.75. The molecule has 0 aromatic heterocycles. The van der Waals surface area contributed by atoms with Crippen molar-refractivity contribution in [3.8, 4) is 5.75 Å². The van der Waals surface area contributed by atoms with Gasteiger partial charge in [-0.1, -0.05) is 62.4 Å². The van der Waals surface area contributed by atoms with Gasteiger partial charge in [0.05, 0.1) is 10.9 Å². The van der Waals surface area contributed by atoms with E-state index < -0.39 is 10.0 Å². The highest BCUT2D eigenvalue weighted by atomic mass is 32.2. The number of sulfonamides is 1. The Labute approximate surface area is 166 Å². The van der Waals surface area contributed by atoms with Gasteiger partial charge in [-0.3, -0.25) is 0 Å². The van der Waals surface area contributed by atoms with Crippen LogP contribution in [0.15, 0.2) is 71.6 Å². The van der Waals surface area contributed by atoms with Crippen molar-refractivity contribution >= 4 is 20.8 Å². The molecule has 0 bridgehead atoms. The van der Waals surface area contributed by atoms with E-state index in [2.05, 4.69) is 18.6 Å². The van der Waals surface area contributed by atoms with Crippen LogP contribution in [0.25, 0.3) is 10.8 Å². The van der Waals surface area contributed by atoms with Crippen LogP contribution in [-0.2, 0) is 10.0 Å². The Morgan fingerprint density at radius 3 is 2.39 bits per heavy atom. The zero-order valence-corrected chi connectivity index (χ0v) is 17.0. The standard InChI is InChI=1S/C23H25NO3S/c1-3-23(4-2)16-21(20-11-7-8-12-22(20)27-23)24-28(25,26)19-14-13-17-9-5-6-10-18(17)15-19/h5-15,21,24H,3-4,16H2,1-2H3/t21-/m1/s1. The molecule has 1 N–H and O–H groups in total. The molecule has 0 spiro atoms. The maximum absolute atomic E-state index is 13.2. The molecule has 28 heavy (non-hydrogen) atoms. The largest absolute Gasteiger partial charge is 0.487 e. The lowest BCUT2D eigenvalue weighted by atomic mass is 9.84. The van der Waals surface area contributed by atoms with E-state index >= 15 is 0 Å². The second kappa shape index (κ2) is 7.22. The molecule has 0 saturated heterocycles. The zero-order chi connectivity index (χ0) is 19.8. The van der Waals surface area contributed by atoms with Gasteiger partial charge in [0.2, 0.25) is 10.0 Å². The van der Waals surface area contributed by atoms with Crippen molar-refractivity contribution in [1.29, 1.82) is 0 Å². The van der Waals surface area contributed by atoms with E-state index in [9.17, 15) is 8.42 Å². The van der Waals surface area contributed by atoms with E-state index in [-0.39, 0.29) is 16.5 Å². The van der Waals surface area contributed by atoms with Gasteiger partial charge in [0.15, 0.2) is 0 Å². The molecule has 0 aliphatic carbocycles. The van der Waals surface area contributed by atoms with Gasteiger partial charge in [0.1, 0.15) is 11.4 Å². The molecule has 4 rings (SSSR count). The molecule has 5 heteroatoms. The first-order valence-corrected chi connectivity index (χ1v) is 11.2. The normalized spacial score (nSPS) is 18.4. The Hall–Kier alpha value is -2.37. The molecule has 0 amide bonds. The summed E-state index contributed by atoms with van der Waals surface area (Å²) in [6.07, 6.45) is 2.27. The van der Waals surface area contributed by atoms with E-state index in [1.54, 1.807) is 12.1 Å². The number of hydrogen-bond acceptors (Lipinski definition) is 3. The molecule has 3 aromatic rings. The lowest BCUT2D eigenvalue weighted by Crippen LogP contribution is -2.44. The maximum Gasteiger partial charge on any atom is 0.241 e. The summed E-state index contributed by atoms with van der Waals surface area (Å²) < 4.78 is 35.6.